The van der Waals surface area contributed by atoms with Crippen molar-refractivity contribution in [2.75, 3.05) is 18.4 Å². The summed E-state index contributed by atoms with van der Waals surface area (Å²) in [6.07, 6.45) is 3.67. The minimum atomic E-state index is -3.56. The Balaban J connectivity index is 0.00000304. The van der Waals surface area contributed by atoms with Gasteiger partial charge in [-0.1, -0.05) is 36.8 Å². The van der Waals surface area contributed by atoms with Crippen molar-refractivity contribution in [1.29, 1.82) is 0 Å². The summed E-state index contributed by atoms with van der Waals surface area (Å²) in [6.45, 7) is 5.14. The summed E-state index contributed by atoms with van der Waals surface area (Å²) in [5.74, 6) is -0.285. The summed E-state index contributed by atoms with van der Waals surface area (Å²) >= 11 is 1.51. The molecule has 1 atom stereocenters. The lowest BCUT2D eigenvalue weighted by Crippen LogP contribution is -2.41. The Kier molecular flexibility index (Phi) is 8.47. The molecule has 2 aliphatic heterocycles. The fourth-order valence-corrected chi connectivity index (χ4v) is 7.54. The van der Waals surface area contributed by atoms with Crippen LogP contribution in [0.1, 0.15) is 52.7 Å². The van der Waals surface area contributed by atoms with E-state index >= 15 is 0 Å². The Morgan fingerprint density at radius 1 is 1.08 bits per heavy atom. The maximum absolute atomic E-state index is 13.0. The Bertz CT molecular complexity index is 1300. The lowest BCUT2D eigenvalue weighted by molar-refractivity contribution is 0.102. The fraction of sp³-hybridized carbons (Fsp3) is 0.385. The molecule has 36 heavy (non-hydrogen) atoms. The molecule has 3 aromatic rings. The van der Waals surface area contributed by atoms with Gasteiger partial charge in [0.1, 0.15) is 0 Å². The van der Waals surface area contributed by atoms with Gasteiger partial charge in [0.15, 0.2) is 5.13 Å². The highest BCUT2D eigenvalue weighted by Crippen LogP contribution is 2.30. The molecular weight excluding hydrogens is 516 g/mol. The molecule has 0 aliphatic carbocycles. The van der Waals surface area contributed by atoms with E-state index in [0.29, 0.717) is 17.2 Å². The smallest absolute Gasteiger partial charge is 0.257 e. The molecule has 1 amide bonds. The van der Waals surface area contributed by atoms with Gasteiger partial charge in [0, 0.05) is 49.1 Å². The highest BCUT2D eigenvalue weighted by Gasteiger charge is 2.31. The molecule has 1 fully saturated rings. The molecule has 0 saturated carbocycles. The van der Waals surface area contributed by atoms with Crippen molar-refractivity contribution in [2.24, 2.45) is 0 Å². The van der Waals surface area contributed by atoms with Crippen molar-refractivity contribution >= 4 is 44.8 Å². The first-order valence-corrected chi connectivity index (χ1v) is 14.3. The number of nitrogens with one attached hydrogen (secondary N) is 1. The van der Waals surface area contributed by atoms with Crippen LogP contribution >= 0.6 is 23.7 Å². The number of amides is 1. The zero-order valence-corrected chi connectivity index (χ0v) is 22.7. The molecule has 0 spiro atoms. The van der Waals surface area contributed by atoms with Gasteiger partial charge in [-0.15, -0.1) is 23.7 Å². The molecule has 2 aromatic carbocycles. The molecule has 10 heteroatoms. The first kappa shape index (κ1) is 26.8. The third kappa shape index (κ3) is 5.81. The molecule has 1 aromatic heterocycles. The second-order valence-corrected chi connectivity index (χ2v) is 12.2. The summed E-state index contributed by atoms with van der Waals surface area (Å²) in [6, 6.07) is 16.6. The molecule has 1 unspecified atom stereocenters. The number of fused-ring (bicyclic) bond motifs is 1. The van der Waals surface area contributed by atoms with E-state index in [1.165, 1.54) is 33.9 Å². The van der Waals surface area contributed by atoms with Gasteiger partial charge in [-0.3, -0.25) is 15.0 Å². The first-order valence-electron chi connectivity index (χ1n) is 12.1. The van der Waals surface area contributed by atoms with E-state index in [9.17, 15) is 13.2 Å². The van der Waals surface area contributed by atoms with E-state index in [2.05, 4.69) is 39.5 Å². The lowest BCUT2D eigenvalue weighted by Gasteiger charge is -2.32. The van der Waals surface area contributed by atoms with Gasteiger partial charge in [-0.25, -0.2) is 13.4 Å². The molecule has 0 bridgehead atoms. The van der Waals surface area contributed by atoms with Crippen molar-refractivity contribution in [3.05, 3.63) is 76.3 Å². The molecule has 1 N–H and O–H groups in total. The minimum Gasteiger partial charge on any atom is -0.298 e. The zero-order chi connectivity index (χ0) is 24.4. The van der Waals surface area contributed by atoms with Gasteiger partial charge in [0.05, 0.1) is 10.6 Å². The van der Waals surface area contributed by atoms with Crippen molar-refractivity contribution < 1.29 is 13.2 Å². The highest BCUT2D eigenvalue weighted by molar-refractivity contribution is 7.89. The van der Waals surface area contributed by atoms with Crippen molar-refractivity contribution in [1.82, 2.24) is 14.2 Å². The summed E-state index contributed by atoms with van der Waals surface area (Å²) in [4.78, 5) is 21.3. The Morgan fingerprint density at radius 3 is 2.56 bits per heavy atom. The molecular formula is C26H31ClN4O3S2. The van der Waals surface area contributed by atoms with Crippen LogP contribution in [-0.2, 0) is 29.5 Å². The maximum atomic E-state index is 13.0. The molecule has 5 rings (SSSR count). The monoisotopic (exact) mass is 546 g/mol. The topological polar surface area (TPSA) is 82.6 Å². The number of carbonyl (C=O) groups is 1. The number of halogens is 1. The third-order valence-electron chi connectivity index (χ3n) is 6.74. The second kappa shape index (κ2) is 11.4. The Morgan fingerprint density at radius 2 is 1.83 bits per heavy atom. The zero-order valence-electron chi connectivity index (χ0n) is 20.2. The van der Waals surface area contributed by atoms with Crippen LogP contribution in [0.4, 0.5) is 5.13 Å². The normalized spacial score (nSPS) is 18.8. The molecule has 1 saturated heterocycles. The molecule has 0 radical (unpaired) electrons. The summed E-state index contributed by atoms with van der Waals surface area (Å²) in [7, 11) is -3.56. The predicted molar refractivity (Wildman–Crippen MR) is 145 cm³/mol. The summed E-state index contributed by atoms with van der Waals surface area (Å²) in [5, 5.41) is 3.48. The Labute approximate surface area is 223 Å². The van der Waals surface area contributed by atoms with E-state index in [4.69, 9.17) is 0 Å². The maximum Gasteiger partial charge on any atom is 0.257 e. The van der Waals surface area contributed by atoms with Crippen molar-refractivity contribution in [3.63, 3.8) is 0 Å². The van der Waals surface area contributed by atoms with Crippen molar-refractivity contribution in [2.45, 2.75) is 56.6 Å². The minimum absolute atomic E-state index is 0. The molecule has 3 heterocycles. The van der Waals surface area contributed by atoms with E-state index in [0.717, 1.165) is 51.0 Å². The summed E-state index contributed by atoms with van der Waals surface area (Å²) < 4.78 is 27.7. The number of carbonyl (C=O) groups excluding carboxylic acids is 1. The van der Waals surface area contributed by atoms with Crippen molar-refractivity contribution in [3.8, 4) is 0 Å². The van der Waals surface area contributed by atoms with Gasteiger partial charge in [-0.2, -0.15) is 4.31 Å². The van der Waals surface area contributed by atoms with Gasteiger partial charge >= 0.3 is 0 Å². The van der Waals surface area contributed by atoms with Crippen LogP contribution in [0.5, 0.6) is 0 Å². The van der Waals surface area contributed by atoms with Crippen LogP contribution in [0.15, 0.2) is 59.5 Å². The number of sulfonamides is 1. The van der Waals surface area contributed by atoms with Gasteiger partial charge in [-0.05, 0) is 49.6 Å². The lowest BCUT2D eigenvalue weighted by atomic mass is 10.1. The average molecular weight is 547 g/mol. The van der Waals surface area contributed by atoms with E-state index in [-0.39, 0.29) is 29.3 Å². The van der Waals surface area contributed by atoms with E-state index in [1.807, 2.05) is 13.0 Å². The quantitative estimate of drug-likeness (QED) is 0.473. The number of anilines is 1. The van der Waals surface area contributed by atoms with Gasteiger partial charge < -0.3 is 0 Å². The SMILES string of the molecule is CC1CCCCN1S(=O)(=O)c1ccc(C(=O)Nc2nc3c(s2)CN(Cc2ccccc2)CC3)cc1.Cl. The number of piperidine rings is 1. The summed E-state index contributed by atoms with van der Waals surface area (Å²) in [5.41, 5.74) is 2.75. The fourth-order valence-electron chi connectivity index (χ4n) is 4.79. The van der Waals surface area contributed by atoms with Crippen LogP contribution in [0.3, 0.4) is 0 Å². The second-order valence-electron chi connectivity index (χ2n) is 9.27. The number of hydrogen-bond acceptors (Lipinski definition) is 6. The number of aromatic nitrogens is 1. The number of thiazole rings is 1. The van der Waals surface area contributed by atoms with Crippen LogP contribution in [0, 0.1) is 0 Å². The first-order chi connectivity index (χ1) is 16.9. The van der Waals surface area contributed by atoms with Crippen LogP contribution in [0.25, 0.3) is 0 Å². The predicted octanol–water partition coefficient (Wildman–Crippen LogP) is 4.94. The number of rotatable bonds is 6. The number of benzene rings is 2. The van der Waals surface area contributed by atoms with Gasteiger partial charge in [0.25, 0.3) is 5.91 Å². The Hall–Kier alpha value is -2.30. The average Bonchev–Trinajstić information content (AvgIpc) is 3.26. The molecule has 192 valence electrons. The van der Waals surface area contributed by atoms with E-state index < -0.39 is 10.0 Å². The van der Waals surface area contributed by atoms with Crippen LogP contribution in [-0.4, -0.2) is 47.6 Å². The molecule has 7 nitrogen and oxygen atoms in total. The van der Waals surface area contributed by atoms with Crippen LogP contribution < -0.4 is 5.32 Å². The van der Waals surface area contributed by atoms with E-state index in [1.54, 1.807) is 16.4 Å². The number of hydrogen-bond donors (Lipinski definition) is 1. The highest BCUT2D eigenvalue weighted by atomic mass is 35.5. The standard InChI is InChI=1S/C26H30N4O3S2.ClH/c1-19-7-5-6-15-30(19)35(32,33)22-12-10-21(11-13-22)25(31)28-26-27-23-14-16-29(18-24(23)34-26)17-20-8-3-2-4-9-20;/h2-4,8-13,19H,5-7,14-18H2,1H3,(H,27,28,31);1H. The molecule has 2 aliphatic rings. The van der Waals surface area contributed by atoms with Gasteiger partial charge in [0.2, 0.25) is 10.0 Å². The third-order valence-corrected chi connectivity index (χ3v) is 9.77. The largest absolute Gasteiger partial charge is 0.298 e. The number of nitrogens with zero attached hydrogens (tertiary/aromatic N) is 3. The van der Waals surface area contributed by atoms with Crippen LogP contribution in [0.2, 0.25) is 0 Å².